The second-order valence-corrected chi connectivity index (χ2v) is 12.3. The highest BCUT2D eigenvalue weighted by atomic mass is 35.5. The van der Waals surface area contributed by atoms with Crippen LogP contribution >= 0.6 is 23.2 Å². The number of hydrogen-bond donors (Lipinski definition) is 0. The highest BCUT2D eigenvalue weighted by Crippen LogP contribution is 2.43. The number of aryl methyl sites for hydroxylation is 1. The van der Waals surface area contributed by atoms with Gasteiger partial charge in [0.05, 0.1) is 6.67 Å². The number of ether oxygens (including phenoxy) is 2. The number of esters is 2. The molecule has 1 atom stereocenters. The Kier molecular flexibility index (Phi) is 11.4. The van der Waals surface area contributed by atoms with Crippen LogP contribution in [0.25, 0.3) is 11.1 Å². The number of halogens is 3. The quantitative estimate of drug-likeness (QED) is 0.0866. The molecule has 3 aromatic carbocycles. The number of ketones is 1. The number of rotatable bonds is 12. The van der Waals surface area contributed by atoms with E-state index in [1.54, 1.807) is 18.2 Å². The molecule has 0 N–H and O–H groups in total. The minimum atomic E-state index is -1.00. The number of allylic oxidation sites excluding steroid dienone is 1. The fourth-order valence-electron chi connectivity index (χ4n) is 6.07. The van der Waals surface area contributed by atoms with Gasteiger partial charge in [0.1, 0.15) is 31.0 Å². The third kappa shape index (κ3) is 8.29. The molecular weight excluding hydrogens is 632 g/mol. The Balaban J connectivity index is 1.45. The number of benzene rings is 3. The standard InChI is InChI=1S/C36H34Cl2FNO6/c37-26-8-12-30(32(38)20-26)31-4-1-3-24-19-25(33(42)21-35(44)46-34(43)14-18-41)7-11-29(24)36(31)23-5-9-27(10-6-23)45-28-13-17-40(22-28)16-2-15-39/h5-12,18-20,28H,1-4,13-17,21-22H2/t28-/m0/s1. The van der Waals surface area contributed by atoms with Crippen LogP contribution in [-0.2, 0) is 25.5 Å². The first-order valence-electron chi connectivity index (χ1n) is 15.3. The number of carbonyl (C=O) groups excluding carboxylic acids is 4. The van der Waals surface area contributed by atoms with E-state index in [9.17, 15) is 23.6 Å². The molecule has 0 amide bonds. The van der Waals surface area contributed by atoms with Crippen LogP contribution in [-0.4, -0.2) is 61.3 Å². The molecule has 0 spiro atoms. The Bertz CT molecular complexity index is 1650. The van der Waals surface area contributed by atoms with Gasteiger partial charge in [0.25, 0.3) is 0 Å². The fourth-order valence-corrected chi connectivity index (χ4v) is 6.60. The van der Waals surface area contributed by atoms with Gasteiger partial charge in [0.15, 0.2) is 5.78 Å². The summed E-state index contributed by atoms with van der Waals surface area (Å²) in [7, 11) is 0. The SMILES string of the molecule is O=CCC(=O)OC(=O)CC(=O)c1ccc2c(c1)CCCC(c1ccc(Cl)cc1Cl)=C2c1ccc(O[C@H]2CCN(CCCF)C2)cc1. The number of Topliss-reactive ketones (excluding diaryl/α,β-unsaturated/α-hetero) is 1. The average Bonchev–Trinajstić information content (AvgIpc) is 3.38. The molecule has 0 bridgehead atoms. The van der Waals surface area contributed by atoms with Crippen molar-refractivity contribution in [2.75, 3.05) is 26.3 Å². The zero-order valence-electron chi connectivity index (χ0n) is 25.2. The molecule has 5 rings (SSSR count). The summed E-state index contributed by atoms with van der Waals surface area (Å²) in [6.07, 6.45) is 2.81. The lowest BCUT2D eigenvalue weighted by molar-refractivity contribution is -0.158. The highest BCUT2D eigenvalue weighted by Gasteiger charge is 2.26. The second kappa shape index (κ2) is 15.6. The molecule has 0 unspecified atom stereocenters. The van der Waals surface area contributed by atoms with Gasteiger partial charge in [-0.1, -0.05) is 53.5 Å². The summed E-state index contributed by atoms with van der Waals surface area (Å²) in [6.45, 7) is 2.08. The summed E-state index contributed by atoms with van der Waals surface area (Å²) in [4.78, 5) is 49.3. The number of nitrogens with zero attached hydrogens (tertiary/aromatic N) is 1. The van der Waals surface area contributed by atoms with Crippen molar-refractivity contribution in [1.29, 1.82) is 0 Å². The fraction of sp³-hybridized carbons (Fsp3) is 0.333. The van der Waals surface area contributed by atoms with Crippen molar-refractivity contribution in [3.05, 3.63) is 98.5 Å². The third-order valence-corrected chi connectivity index (χ3v) is 8.74. The first-order valence-corrected chi connectivity index (χ1v) is 16.1. The second-order valence-electron chi connectivity index (χ2n) is 11.4. The van der Waals surface area contributed by atoms with Crippen LogP contribution < -0.4 is 4.74 Å². The van der Waals surface area contributed by atoms with Crippen molar-refractivity contribution in [3.8, 4) is 5.75 Å². The molecule has 1 aliphatic heterocycles. The van der Waals surface area contributed by atoms with Crippen molar-refractivity contribution < 1.29 is 33.0 Å². The summed E-state index contributed by atoms with van der Waals surface area (Å²) < 4.78 is 23.4. The van der Waals surface area contributed by atoms with Gasteiger partial charge in [-0.15, -0.1) is 0 Å². The number of hydrogen-bond acceptors (Lipinski definition) is 7. The van der Waals surface area contributed by atoms with E-state index >= 15 is 0 Å². The van der Waals surface area contributed by atoms with E-state index in [1.807, 2.05) is 42.5 Å². The van der Waals surface area contributed by atoms with Gasteiger partial charge in [0, 0.05) is 35.2 Å². The Morgan fingerprint density at radius 1 is 0.957 bits per heavy atom. The first-order chi connectivity index (χ1) is 22.2. The van der Waals surface area contributed by atoms with Crippen molar-refractivity contribution in [2.45, 2.75) is 51.0 Å². The van der Waals surface area contributed by atoms with E-state index in [4.69, 9.17) is 27.9 Å². The summed E-state index contributed by atoms with van der Waals surface area (Å²) in [5.74, 6) is -1.73. The molecule has 46 heavy (non-hydrogen) atoms. The third-order valence-electron chi connectivity index (χ3n) is 8.19. The molecule has 3 aromatic rings. The monoisotopic (exact) mass is 665 g/mol. The van der Waals surface area contributed by atoms with Gasteiger partial charge in [-0.25, -0.2) is 0 Å². The van der Waals surface area contributed by atoms with Gasteiger partial charge in [-0.2, -0.15) is 0 Å². The van der Waals surface area contributed by atoms with Crippen LogP contribution in [0.2, 0.25) is 10.0 Å². The van der Waals surface area contributed by atoms with Crippen LogP contribution in [0.4, 0.5) is 4.39 Å². The van der Waals surface area contributed by atoms with Crippen molar-refractivity contribution in [2.24, 2.45) is 0 Å². The average molecular weight is 667 g/mol. The lowest BCUT2D eigenvalue weighted by Crippen LogP contribution is -2.26. The maximum atomic E-state index is 13.0. The molecule has 240 valence electrons. The minimum absolute atomic E-state index is 0.0445. The summed E-state index contributed by atoms with van der Waals surface area (Å²) in [5, 5.41) is 1.08. The highest BCUT2D eigenvalue weighted by molar-refractivity contribution is 6.36. The molecule has 1 aliphatic carbocycles. The molecule has 0 radical (unpaired) electrons. The van der Waals surface area contributed by atoms with Gasteiger partial charge in [0.2, 0.25) is 0 Å². The van der Waals surface area contributed by atoms with Gasteiger partial charge < -0.3 is 14.3 Å². The van der Waals surface area contributed by atoms with Crippen LogP contribution in [0.3, 0.4) is 0 Å². The molecule has 7 nitrogen and oxygen atoms in total. The van der Waals surface area contributed by atoms with Crippen molar-refractivity contribution >= 4 is 58.4 Å². The molecular formula is C36H34Cl2FNO6. The maximum absolute atomic E-state index is 13.0. The van der Waals surface area contributed by atoms with Crippen molar-refractivity contribution in [3.63, 3.8) is 0 Å². The lowest BCUT2D eigenvalue weighted by Gasteiger charge is -2.19. The van der Waals surface area contributed by atoms with E-state index in [1.165, 1.54) is 0 Å². The van der Waals surface area contributed by atoms with E-state index in [0.29, 0.717) is 34.7 Å². The number of carbonyl (C=O) groups is 4. The van der Waals surface area contributed by atoms with E-state index < -0.39 is 30.6 Å². The van der Waals surface area contributed by atoms with E-state index in [0.717, 1.165) is 78.0 Å². The summed E-state index contributed by atoms with van der Waals surface area (Å²) in [5.41, 5.74) is 6.04. The Hall–Kier alpha value is -3.85. The number of fused-ring (bicyclic) bond motifs is 1. The molecule has 1 heterocycles. The van der Waals surface area contributed by atoms with Crippen LogP contribution in [0, 0.1) is 0 Å². The predicted octanol–water partition coefficient (Wildman–Crippen LogP) is 7.33. The molecule has 1 saturated heterocycles. The normalized spacial score (nSPS) is 16.5. The molecule has 0 aromatic heterocycles. The number of aldehydes is 1. The van der Waals surface area contributed by atoms with Crippen LogP contribution in [0.1, 0.15) is 71.1 Å². The minimum Gasteiger partial charge on any atom is -0.489 e. The van der Waals surface area contributed by atoms with Gasteiger partial charge in [-0.3, -0.25) is 23.7 Å². The molecule has 0 saturated carbocycles. The summed E-state index contributed by atoms with van der Waals surface area (Å²) >= 11 is 13.0. The topological polar surface area (TPSA) is 90.0 Å². The zero-order chi connectivity index (χ0) is 32.6. The van der Waals surface area contributed by atoms with E-state index in [2.05, 4.69) is 9.64 Å². The Morgan fingerprint density at radius 2 is 1.74 bits per heavy atom. The van der Waals surface area contributed by atoms with E-state index in [-0.39, 0.29) is 12.8 Å². The van der Waals surface area contributed by atoms with Gasteiger partial charge >= 0.3 is 11.9 Å². The summed E-state index contributed by atoms with van der Waals surface area (Å²) in [6, 6.07) is 18.7. The molecule has 10 heteroatoms. The molecule has 2 aliphatic rings. The predicted molar refractivity (Wildman–Crippen MR) is 175 cm³/mol. The number of likely N-dealkylation sites (tertiary alicyclic amines) is 1. The van der Waals surface area contributed by atoms with Crippen molar-refractivity contribution in [1.82, 2.24) is 4.90 Å². The smallest absolute Gasteiger partial charge is 0.321 e. The van der Waals surface area contributed by atoms with Crippen LogP contribution in [0.5, 0.6) is 5.75 Å². The lowest BCUT2D eigenvalue weighted by atomic mass is 9.87. The van der Waals surface area contributed by atoms with Crippen LogP contribution in [0.15, 0.2) is 60.7 Å². The Morgan fingerprint density at radius 3 is 2.48 bits per heavy atom. The largest absolute Gasteiger partial charge is 0.489 e. The number of alkyl halides is 1. The first kappa shape index (κ1) is 33.5. The molecule has 1 fully saturated rings. The maximum Gasteiger partial charge on any atom is 0.321 e. The Labute approximate surface area is 277 Å². The van der Waals surface area contributed by atoms with Gasteiger partial charge in [-0.05, 0) is 95.8 Å². The zero-order valence-corrected chi connectivity index (χ0v) is 26.7.